The molecule has 2 N–H and O–H groups in total. The number of nitrogens with zero attached hydrogens (tertiary/aromatic N) is 1. The van der Waals surface area contributed by atoms with Gasteiger partial charge in [0.2, 0.25) is 10.0 Å². The fourth-order valence-corrected chi connectivity index (χ4v) is 4.74. The van der Waals surface area contributed by atoms with Crippen LogP contribution >= 0.6 is 11.6 Å². The molecular weight excluding hydrogens is 393 g/mol. The van der Waals surface area contributed by atoms with Gasteiger partial charge in [-0.1, -0.05) is 23.7 Å². The first-order chi connectivity index (χ1) is 12.8. The number of amides is 1. The van der Waals surface area contributed by atoms with Crippen LogP contribution in [0.3, 0.4) is 0 Å². The van der Waals surface area contributed by atoms with Crippen molar-refractivity contribution in [2.24, 2.45) is 0 Å². The Morgan fingerprint density at radius 3 is 2.52 bits per heavy atom. The van der Waals surface area contributed by atoms with E-state index in [4.69, 9.17) is 11.6 Å². The van der Waals surface area contributed by atoms with Gasteiger partial charge in [0.25, 0.3) is 5.91 Å². The quantitative estimate of drug-likeness (QED) is 0.770. The Labute approximate surface area is 162 Å². The standard InChI is InChI=1S/C18H19ClFN3O3S/c19-14-3-1-6-17(11-14)27(25,26)23-9-7-22(8-10-23)13-18(24)21-16-5-2-4-15(20)12-16/h1-6,11-12H,7-10,13H2,(H,21,24)/p+1. The molecule has 0 spiro atoms. The van der Waals surface area contributed by atoms with Crippen molar-refractivity contribution in [3.63, 3.8) is 0 Å². The van der Waals surface area contributed by atoms with Crippen molar-refractivity contribution < 1.29 is 22.5 Å². The lowest BCUT2D eigenvalue weighted by Gasteiger charge is -2.31. The van der Waals surface area contributed by atoms with Crippen LogP contribution in [0.4, 0.5) is 10.1 Å². The summed E-state index contributed by atoms with van der Waals surface area (Å²) in [4.78, 5) is 13.3. The molecule has 1 aliphatic heterocycles. The van der Waals surface area contributed by atoms with Crippen LogP contribution < -0.4 is 10.2 Å². The lowest BCUT2D eigenvalue weighted by atomic mass is 10.3. The molecule has 144 valence electrons. The van der Waals surface area contributed by atoms with Crippen LogP contribution in [0.2, 0.25) is 5.02 Å². The molecule has 1 amide bonds. The highest BCUT2D eigenvalue weighted by molar-refractivity contribution is 7.89. The number of carbonyl (C=O) groups excluding carboxylic acids is 1. The highest BCUT2D eigenvalue weighted by Gasteiger charge is 2.31. The highest BCUT2D eigenvalue weighted by Crippen LogP contribution is 2.19. The number of sulfonamides is 1. The van der Waals surface area contributed by atoms with Gasteiger partial charge in [-0.15, -0.1) is 0 Å². The maximum absolute atomic E-state index is 13.2. The molecule has 2 aromatic carbocycles. The number of hydrogen-bond acceptors (Lipinski definition) is 3. The van der Waals surface area contributed by atoms with E-state index in [0.717, 1.165) is 4.90 Å². The van der Waals surface area contributed by atoms with Crippen molar-refractivity contribution in [2.45, 2.75) is 4.90 Å². The predicted octanol–water partition coefficient (Wildman–Crippen LogP) is 1.01. The van der Waals surface area contributed by atoms with Crippen molar-refractivity contribution in [1.82, 2.24) is 4.31 Å². The summed E-state index contributed by atoms with van der Waals surface area (Å²) in [7, 11) is -3.60. The van der Waals surface area contributed by atoms with E-state index in [0.29, 0.717) is 36.9 Å². The van der Waals surface area contributed by atoms with E-state index in [1.165, 1.54) is 34.6 Å². The Morgan fingerprint density at radius 1 is 1.15 bits per heavy atom. The number of nitrogens with one attached hydrogen (secondary N) is 2. The SMILES string of the molecule is O=C(C[NH+]1CCN(S(=O)(=O)c2cccc(Cl)c2)CC1)Nc1cccc(F)c1. The first-order valence-electron chi connectivity index (χ1n) is 8.49. The highest BCUT2D eigenvalue weighted by atomic mass is 35.5. The van der Waals surface area contributed by atoms with Gasteiger partial charge in [0, 0.05) is 10.7 Å². The Balaban J connectivity index is 1.55. The smallest absolute Gasteiger partial charge is 0.279 e. The molecule has 0 radical (unpaired) electrons. The van der Waals surface area contributed by atoms with Crippen molar-refractivity contribution in [3.05, 3.63) is 59.4 Å². The molecule has 0 saturated carbocycles. The summed E-state index contributed by atoms with van der Waals surface area (Å²) in [6.07, 6.45) is 0. The average Bonchev–Trinajstić information content (AvgIpc) is 2.62. The van der Waals surface area contributed by atoms with Crippen LogP contribution in [0, 0.1) is 5.82 Å². The van der Waals surface area contributed by atoms with Crippen LogP contribution in [0.25, 0.3) is 0 Å². The van der Waals surface area contributed by atoms with E-state index >= 15 is 0 Å². The molecule has 0 aliphatic carbocycles. The minimum absolute atomic E-state index is 0.169. The van der Waals surface area contributed by atoms with E-state index < -0.39 is 15.8 Å². The maximum Gasteiger partial charge on any atom is 0.279 e. The lowest BCUT2D eigenvalue weighted by molar-refractivity contribution is -0.895. The summed E-state index contributed by atoms with van der Waals surface area (Å²) in [5.74, 6) is -0.651. The van der Waals surface area contributed by atoms with Gasteiger partial charge in [-0.2, -0.15) is 4.31 Å². The number of benzene rings is 2. The number of quaternary nitrogens is 1. The maximum atomic E-state index is 13.2. The third kappa shape index (κ3) is 5.04. The van der Waals surface area contributed by atoms with Gasteiger partial charge in [0.1, 0.15) is 5.82 Å². The summed E-state index contributed by atoms with van der Waals surface area (Å²) in [5.41, 5.74) is 0.404. The Morgan fingerprint density at radius 2 is 1.85 bits per heavy atom. The van der Waals surface area contributed by atoms with Crippen molar-refractivity contribution >= 4 is 33.2 Å². The molecule has 3 rings (SSSR count). The molecule has 1 saturated heterocycles. The predicted molar refractivity (Wildman–Crippen MR) is 101 cm³/mol. The zero-order valence-corrected chi connectivity index (χ0v) is 16.1. The molecule has 27 heavy (non-hydrogen) atoms. The number of carbonyl (C=O) groups is 1. The van der Waals surface area contributed by atoms with E-state index in [2.05, 4.69) is 5.32 Å². The Hall–Kier alpha value is -2.00. The number of rotatable bonds is 5. The second kappa shape index (κ2) is 8.35. The summed E-state index contributed by atoms with van der Waals surface area (Å²) in [5, 5.41) is 3.03. The third-order valence-corrected chi connectivity index (χ3v) is 6.51. The number of halogens is 2. The molecule has 0 aromatic heterocycles. The number of piperazine rings is 1. The summed E-state index contributed by atoms with van der Waals surface area (Å²) >= 11 is 5.89. The van der Waals surface area contributed by atoms with Crippen LogP contribution in [0.15, 0.2) is 53.4 Å². The van der Waals surface area contributed by atoms with E-state index in [-0.39, 0.29) is 17.3 Å². The minimum Gasteiger partial charge on any atom is -0.325 e. The Bertz CT molecular complexity index is 931. The molecule has 6 nitrogen and oxygen atoms in total. The summed E-state index contributed by atoms with van der Waals surface area (Å²) in [6.45, 7) is 1.85. The van der Waals surface area contributed by atoms with E-state index in [9.17, 15) is 17.6 Å². The zero-order valence-electron chi connectivity index (χ0n) is 14.5. The second-order valence-corrected chi connectivity index (χ2v) is 8.72. The molecular formula is C18H20ClFN3O3S+. The molecule has 2 aromatic rings. The lowest BCUT2D eigenvalue weighted by Crippen LogP contribution is -3.15. The molecule has 0 atom stereocenters. The van der Waals surface area contributed by atoms with Gasteiger partial charge in [-0.25, -0.2) is 12.8 Å². The monoisotopic (exact) mass is 412 g/mol. The van der Waals surface area contributed by atoms with Crippen LogP contribution in [-0.4, -0.2) is 51.4 Å². The number of hydrogen-bond donors (Lipinski definition) is 2. The van der Waals surface area contributed by atoms with Gasteiger partial charge in [0.15, 0.2) is 6.54 Å². The average molecular weight is 413 g/mol. The molecule has 1 heterocycles. The van der Waals surface area contributed by atoms with Crippen molar-refractivity contribution in [1.29, 1.82) is 0 Å². The molecule has 0 unspecified atom stereocenters. The van der Waals surface area contributed by atoms with E-state index in [1.54, 1.807) is 18.2 Å². The van der Waals surface area contributed by atoms with Crippen LogP contribution in [0.5, 0.6) is 0 Å². The van der Waals surface area contributed by atoms with Gasteiger partial charge in [0.05, 0.1) is 31.1 Å². The summed E-state index contributed by atoms with van der Waals surface area (Å²) in [6, 6.07) is 11.9. The van der Waals surface area contributed by atoms with Gasteiger partial charge < -0.3 is 10.2 Å². The van der Waals surface area contributed by atoms with E-state index in [1.807, 2.05) is 0 Å². The normalized spacial score (nSPS) is 16.2. The third-order valence-electron chi connectivity index (χ3n) is 4.38. The largest absolute Gasteiger partial charge is 0.325 e. The molecule has 1 aliphatic rings. The zero-order chi connectivity index (χ0) is 19.4. The number of anilines is 1. The van der Waals surface area contributed by atoms with Crippen molar-refractivity contribution in [3.8, 4) is 0 Å². The first kappa shape index (κ1) is 19.8. The molecule has 0 bridgehead atoms. The Kier molecular flexibility index (Phi) is 6.11. The second-order valence-electron chi connectivity index (χ2n) is 6.35. The van der Waals surface area contributed by atoms with Crippen LogP contribution in [-0.2, 0) is 14.8 Å². The molecule has 9 heteroatoms. The fourth-order valence-electron chi connectivity index (χ4n) is 2.99. The van der Waals surface area contributed by atoms with Crippen molar-refractivity contribution in [2.75, 3.05) is 38.0 Å². The topological polar surface area (TPSA) is 70.9 Å². The minimum atomic E-state index is -3.60. The van der Waals surface area contributed by atoms with Gasteiger partial charge >= 0.3 is 0 Å². The first-order valence-corrected chi connectivity index (χ1v) is 10.3. The van der Waals surface area contributed by atoms with Gasteiger partial charge in [-0.3, -0.25) is 4.79 Å². The van der Waals surface area contributed by atoms with Gasteiger partial charge in [-0.05, 0) is 36.4 Å². The molecule has 1 fully saturated rings. The fraction of sp³-hybridized carbons (Fsp3) is 0.278. The van der Waals surface area contributed by atoms with Crippen LogP contribution in [0.1, 0.15) is 0 Å². The summed E-state index contributed by atoms with van der Waals surface area (Å²) < 4.78 is 39.9.